The zero-order chi connectivity index (χ0) is 41.5. The van der Waals surface area contributed by atoms with E-state index >= 15 is 0 Å². The second kappa shape index (κ2) is 15.3. The summed E-state index contributed by atoms with van der Waals surface area (Å²) < 4.78 is 2.30. The van der Waals surface area contributed by atoms with Crippen LogP contribution < -0.4 is 0 Å². The van der Waals surface area contributed by atoms with Crippen molar-refractivity contribution in [2.45, 2.75) is 26.2 Å². The van der Waals surface area contributed by atoms with E-state index in [4.69, 9.17) is 19.9 Å². The van der Waals surface area contributed by atoms with Crippen LogP contribution in [0.3, 0.4) is 0 Å². The summed E-state index contributed by atoms with van der Waals surface area (Å²) in [6.45, 7) is 6.73. The Bertz CT molecular complexity index is 3010. The Balaban J connectivity index is 1.37. The van der Waals surface area contributed by atoms with Crippen molar-refractivity contribution >= 4 is 21.8 Å². The van der Waals surface area contributed by atoms with Gasteiger partial charge in [0.1, 0.15) is 0 Å². The molecule has 0 amide bonds. The minimum absolute atomic E-state index is 0.0682. The van der Waals surface area contributed by atoms with Crippen LogP contribution in [0.2, 0.25) is 0 Å². The van der Waals surface area contributed by atoms with Crippen LogP contribution in [0.4, 0.5) is 0 Å². The number of fused-ring (bicyclic) bond motifs is 3. The highest BCUT2D eigenvalue weighted by Gasteiger charge is 2.26. The molecule has 0 saturated carbocycles. The van der Waals surface area contributed by atoms with Gasteiger partial charge in [0.2, 0.25) is 0 Å². The van der Waals surface area contributed by atoms with Gasteiger partial charge in [-0.05, 0) is 53.4 Å². The zero-order valence-electron chi connectivity index (χ0n) is 34.1. The van der Waals surface area contributed by atoms with Crippen LogP contribution >= 0.6 is 0 Å². The van der Waals surface area contributed by atoms with Gasteiger partial charge >= 0.3 is 0 Å². The lowest BCUT2D eigenvalue weighted by atomic mass is 9.86. The minimum Gasteiger partial charge on any atom is -0.308 e. The van der Waals surface area contributed by atoms with Crippen LogP contribution in [-0.4, -0.2) is 24.5 Å². The lowest BCUT2D eigenvalue weighted by Gasteiger charge is -2.21. The molecule has 6 heteroatoms. The summed E-state index contributed by atoms with van der Waals surface area (Å²) >= 11 is 0. The maximum Gasteiger partial charge on any atom is 0.162 e. The van der Waals surface area contributed by atoms with Crippen LogP contribution in [0.25, 0.3) is 95.3 Å². The molecule has 10 aromatic rings. The summed E-state index contributed by atoms with van der Waals surface area (Å²) in [5.74, 6) is 0.960. The highest BCUT2D eigenvalue weighted by Crippen LogP contribution is 2.43. The third kappa shape index (κ3) is 7.03. The van der Waals surface area contributed by atoms with Gasteiger partial charge < -0.3 is 4.57 Å². The van der Waals surface area contributed by atoms with E-state index in [1.165, 1.54) is 5.56 Å². The molecule has 0 atom stereocenters. The Hall–Kier alpha value is -8.01. The van der Waals surface area contributed by atoms with Gasteiger partial charge in [-0.25, -0.2) is 19.9 Å². The Morgan fingerprint density at radius 3 is 1.23 bits per heavy atom. The summed E-state index contributed by atoms with van der Waals surface area (Å²) in [5, 5.41) is 13.1. The maximum atomic E-state index is 10.8. The predicted molar refractivity (Wildman–Crippen MR) is 248 cm³/mol. The SMILES string of the molecule is CC(C)(C)c1ccc2c(c1)c1ccccc1n2-c1c(-c2nc(-c3ccccc3)cc(-c3ccccc3)n2)cc(C#N)cc1-c1nc(-c2ccccc2)cc(-c2ccccc2)n1. The second-order valence-electron chi connectivity index (χ2n) is 16.3. The molecule has 0 aliphatic carbocycles. The smallest absolute Gasteiger partial charge is 0.162 e. The van der Waals surface area contributed by atoms with Crippen molar-refractivity contribution in [1.29, 1.82) is 5.26 Å². The molecule has 0 saturated heterocycles. The van der Waals surface area contributed by atoms with Gasteiger partial charge in [0, 0.05) is 44.2 Å². The van der Waals surface area contributed by atoms with Crippen molar-refractivity contribution in [1.82, 2.24) is 24.5 Å². The van der Waals surface area contributed by atoms with E-state index in [1.807, 2.05) is 97.1 Å². The standard InChI is InChI=1S/C55H40N6/c1-55(2,3)41-28-29-51-43(32-41)42-26-16-17-27-50(42)61(51)52-44(53-57-46(37-18-8-4-9-19-37)33-47(58-53)38-20-10-5-11-21-38)30-36(35-56)31-45(52)54-59-48(39-22-12-6-13-23-39)34-49(60-54)40-24-14-7-15-25-40/h4-34H,1-3H3. The van der Waals surface area contributed by atoms with E-state index in [0.29, 0.717) is 28.3 Å². The summed E-state index contributed by atoms with van der Waals surface area (Å²) in [4.78, 5) is 21.4. The number of aromatic nitrogens is 5. The van der Waals surface area contributed by atoms with Gasteiger partial charge in [-0.3, -0.25) is 0 Å². The molecule has 0 unspecified atom stereocenters. The highest BCUT2D eigenvalue weighted by molar-refractivity contribution is 6.11. The number of nitrogens with zero attached hydrogens (tertiary/aromatic N) is 6. The van der Waals surface area contributed by atoms with Gasteiger partial charge in [-0.15, -0.1) is 0 Å². The maximum absolute atomic E-state index is 10.8. The molecule has 3 heterocycles. The Kier molecular flexibility index (Phi) is 9.35. The summed E-state index contributed by atoms with van der Waals surface area (Å²) in [6, 6.07) is 66.3. The molecule has 290 valence electrons. The molecule has 0 aliphatic heterocycles. The monoisotopic (exact) mass is 784 g/mol. The van der Waals surface area contributed by atoms with Gasteiger partial charge in [0.15, 0.2) is 11.6 Å². The molecule has 7 aromatic carbocycles. The van der Waals surface area contributed by atoms with E-state index < -0.39 is 0 Å². The zero-order valence-corrected chi connectivity index (χ0v) is 34.1. The number of hydrogen-bond donors (Lipinski definition) is 0. The summed E-state index contributed by atoms with van der Waals surface area (Å²) in [5.41, 5.74) is 12.7. The van der Waals surface area contributed by atoms with E-state index in [2.05, 4.69) is 122 Å². The third-order valence-corrected chi connectivity index (χ3v) is 11.2. The van der Waals surface area contributed by atoms with Crippen molar-refractivity contribution < 1.29 is 0 Å². The van der Waals surface area contributed by atoms with E-state index in [1.54, 1.807) is 0 Å². The average molecular weight is 785 g/mol. The normalized spacial score (nSPS) is 11.5. The first kappa shape index (κ1) is 37.3. The number of nitriles is 1. The Labute approximate surface area is 355 Å². The molecule has 0 aliphatic rings. The lowest BCUT2D eigenvalue weighted by Crippen LogP contribution is -2.10. The number of benzene rings is 7. The topological polar surface area (TPSA) is 80.3 Å². The molecule has 0 bridgehead atoms. The molecule has 3 aromatic heterocycles. The molecular weight excluding hydrogens is 745 g/mol. The molecule has 0 N–H and O–H groups in total. The first-order valence-electron chi connectivity index (χ1n) is 20.5. The van der Waals surface area contributed by atoms with E-state index in [0.717, 1.165) is 72.5 Å². The predicted octanol–water partition coefficient (Wildman–Crippen LogP) is 13.5. The third-order valence-electron chi connectivity index (χ3n) is 11.2. The van der Waals surface area contributed by atoms with E-state index in [-0.39, 0.29) is 5.41 Å². The Morgan fingerprint density at radius 2 is 0.820 bits per heavy atom. The molecule has 10 rings (SSSR count). The molecule has 61 heavy (non-hydrogen) atoms. The molecular formula is C55H40N6. The van der Waals surface area contributed by atoms with Gasteiger partial charge in [0.05, 0.1) is 51.1 Å². The molecule has 0 spiro atoms. The first-order valence-corrected chi connectivity index (χ1v) is 20.5. The fourth-order valence-electron chi connectivity index (χ4n) is 8.12. The minimum atomic E-state index is -0.0682. The fourth-order valence-corrected chi connectivity index (χ4v) is 8.12. The second-order valence-corrected chi connectivity index (χ2v) is 16.3. The van der Waals surface area contributed by atoms with Crippen molar-refractivity contribution in [2.75, 3.05) is 0 Å². The summed E-state index contributed by atoms with van der Waals surface area (Å²) in [7, 11) is 0. The average Bonchev–Trinajstić information content (AvgIpc) is 3.65. The van der Waals surface area contributed by atoms with Crippen LogP contribution in [0, 0.1) is 11.3 Å². The van der Waals surface area contributed by atoms with Crippen molar-refractivity contribution in [2.24, 2.45) is 0 Å². The van der Waals surface area contributed by atoms with Crippen LogP contribution in [0.1, 0.15) is 31.9 Å². The Morgan fingerprint density at radius 1 is 0.426 bits per heavy atom. The quantitative estimate of drug-likeness (QED) is 0.161. The fraction of sp³-hybridized carbons (Fsp3) is 0.0727. The van der Waals surface area contributed by atoms with Crippen LogP contribution in [0.5, 0.6) is 0 Å². The van der Waals surface area contributed by atoms with Gasteiger partial charge in [0.25, 0.3) is 0 Å². The van der Waals surface area contributed by atoms with Gasteiger partial charge in [-0.2, -0.15) is 5.26 Å². The molecule has 6 nitrogen and oxygen atoms in total. The van der Waals surface area contributed by atoms with Crippen LogP contribution in [-0.2, 0) is 5.41 Å². The van der Waals surface area contributed by atoms with Gasteiger partial charge in [-0.1, -0.05) is 166 Å². The number of para-hydroxylation sites is 1. The lowest BCUT2D eigenvalue weighted by molar-refractivity contribution is 0.591. The van der Waals surface area contributed by atoms with Crippen molar-refractivity contribution in [3.63, 3.8) is 0 Å². The summed E-state index contributed by atoms with van der Waals surface area (Å²) in [6.07, 6.45) is 0. The van der Waals surface area contributed by atoms with Crippen molar-refractivity contribution in [3.05, 3.63) is 199 Å². The number of hydrogen-bond acceptors (Lipinski definition) is 5. The number of rotatable bonds is 7. The largest absolute Gasteiger partial charge is 0.308 e. The first-order chi connectivity index (χ1) is 29.8. The molecule has 0 radical (unpaired) electrons. The molecule has 0 fully saturated rings. The van der Waals surface area contributed by atoms with Crippen molar-refractivity contribution in [3.8, 4) is 79.6 Å². The highest BCUT2D eigenvalue weighted by atomic mass is 15.0. The van der Waals surface area contributed by atoms with Crippen LogP contribution in [0.15, 0.2) is 188 Å². The van der Waals surface area contributed by atoms with E-state index in [9.17, 15) is 5.26 Å².